The van der Waals surface area contributed by atoms with Gasteiger partial charge in [-0.15, -0.1) is 11.3 Å². The molecular weight excluding hydrogens is 250 g/mol. The fourth-order valence-corrected chi connectivity index (χ4v) is 2.79. The quantitative estimate of drug-likeness (QED) is 0.840. The normalized spacial score (nSPS) is 29.1. The third-order valence-electron chi connectivity index (χ3n) is 2.05. The van der Waals surface area contributed by atoms with Crippen LogP contribution < -0.4 is 5.32 Å². The lowest BCUT2D eigenvalue weighted by Crippen LogP contribution is -2.36. The maximum absolute atomic E-state index is 5.67. The fraction of sp³-hybridized carbons (Fsp3) is 0.556. The van der Waals surface area contributed by atoms with Crippen LogP contribution in [0.2, 0.25) is 0 Å². The van der Waals surface area contributed by atoms with E-state index in [1.54, 1.807) is 11.3 Å². The third kappa shape index (κ3) is 2.31. The molecule has 1 aromatic rings. The zero-order chi connectivity index (χ0) is 9.26. The van der Waals surface area contributed by atoms with Crippen LogP contribution in [0.5, 0.6) is 0 Å². The van der Waals surface area contributed by atoms with Crippen LogP contribution in [0.15, 0.2) is 15.9 Å². The smallest absolute Gasteiger partial charge is 0.143 e. The first-order chi connectivity index (χ1) is 6.25. The number of nitrogens with one attached hydrogen (secondary N) is 1. The molecule has 1 aliphatic heterocycles. The second kappa shape index (κ2) is 4.09. The molecule has 4 heteroatoms. The monoisotopic (exact) mass is 261 g/mol. The van der Waals surface area contributed by atoms with E-state index in [0.29, 0.717) is 5.92 Å². The fourth-order valence-electron chi connectivity index (χ4n) is 1.34. The van der Waals surface area contributed by atoms with Gasteiger partial charge in [0.25, 0.3) is 0 Å². The van der Waals surface area contributed by atoms with Gasteiger partial charge in [-0.25, -0.2) is 0 Å². The van der Waals surface area contributed by atoms with Gasteiger partial charge in [0.2, 0.25) is 0 Å². The van der Waals surface area contributed by atoms with Crippen molar-refractivity contribution in [3.63, 3.8) is 0 Å². The highest BCUT2D eigenvalue weighted by molar-refractivity contribution is 9.11. The summed E-state index contributed by atoms with van der Waals surface area (Å²) in [5.41, 5.74) is 0. The molecule has 1 N–H and O–H groups in total. The minimum absolute atomic E-state index is 0.104. The Morgan fingerprint density at radius 2 is 2.46 bits per heavy atom. The van der Waals surface area contributed by atoms with Crippen LogP contribution in [-0.2, 0) is 4.74 Å². The molecule has 2 unspecified atom stereocenters. The molecule has 13 heavy (non-hydrogen) atoms. The van der Waals surface area contributed by atoms with Gasteiger partial charge in [-0.2, -0.15) is 0 Å². The van der Waals surface area contributed by atoms with Crippen molar-refractivity contribution in [2.45, 2.75) is 13.2 Å². The topological polar surface area (TPSA) is 21.3 Å². The van der Waals surface area contributed by atoms with Gasteiger partial charge in [-0.1, -0.05) is 6.92 Å². The lowest BCUT2D eigenvalue weighted by Gasteiger charge is -2.27. The molecule has 1 saturated heterocycles. The van der Waals surface area contributed by atoms with Crippen molar-refractivity contribution in [3.8, 4) is 0 Å². The van der Waals surface area contributed by atoms with Crippen molar-refractivity contribution >= 4 is 27.3 Å². The van der Waals surface area contributed by atoms with E-state index in [1.807, 2.05) is 0 Å². The molecule has 0 aromatic carbocycles. The predicted octanol–water partition coefficient (Wildman–Crippen LogP) is 2.77. The van der Waals surface area contributed by atoms with E-state index in [1.165, 1.54) is 4.88 Å². The van der Waals surface area contributed by atoms with Crippen molar-refractivity contribution in [2.75, 3.05) is 13.2 Å². The van der Waals surface area contributed by atoms with E-state index < -0.39 is 0 Å². The Labute approximate surface area is 90.4 Å². The summed E-state index contributed by atoms with van der Waals surface area (Å²) in [5.74, 6) is 0.625. The molecule has 0 radical (unpaired) electrons. The Balaban J connectivity index is 2.02. The van der Waals surface area contributed by atoms with Crippen molar-refractivity contribution in [1.29, 1.82) is 0 Å². The Hall–Kier alpha value is 0.1000. The minimum Gasteiger partial charge on any atom is -0.358 e. The molecule has 2 nitrogen and oxygen atoms in total. The zero-order valence-corrected chi connectivity index (χ0v) is 9.82. The highest BCUT2D eigenvalue weighted by atomic mass is 79.9. The van der Waals surface area contributed by atoms with Crippen molar-refractivity contribution in [1.82, 2.24) is 5.32 Å². The third-order valence-corrected chi connectivity index (χ3v) is 3.72. The lowest BCUT2D eigenvalue weighted by molar-refractivity contribution is -0.0233. The number of hydrogen-bond donors (Lipinski definition) is 1. The number of hydrogen-bond acceptors (Lipinski definition) is 3. The van der Waals surface area contributed by atoms with Gasteiger partial charge in [-0.3, -0.25) is 5.32 Å². The van der Waals surface area contributed by atoms with Gasteiger partial charge in [0.15, 0.2) is 0 Å². The first-order valence-electron chi connectivity index (χ1n) is 4.36. The highest BCUT2D eigenvalue weighted by Crippen LogP contribution is 2.29. The number of thiophene rings is 1. The molecule has 1 aromatic heterocycles. The molecule has 2 rings (SSSR count). The second-order valence-electron chi connectivity index (χ2n) is 3.37. The summed E-state index contributed by atoms with van der Waals surface area (Å²) in [6.45, 7) is 4.08. The summed E-state index contributed by atoms with van der Waals surface area (Å²) in [5, 5.41) is 3.37. The zero-order valence-electron chi connectivity index (χ0n) is 7.42. The average Bonchev–Trinajstić information content (AvgIpc) is 2.53. The van der Waals surface area contributed by atoms with Crippen LogP contribution in [0.25, 0.3) is 0 Å². The first-order valence-corrected chi connectivity index (χ1v) is 5.97. The summed E-state index contributed by atoms with van der Waals surface area (Å²) in [6, 6.07) is 4.16. The lowest BCUT2D eigenvalue weighted by atomic mass is 10.2. The Morgan fingerprint density at radius 3 is 3.00 bits per heavy atom. The second-order valence-corrected chi connectivity index (χ2v) is 5.86. The largest absolute Gasteiger partial charge is 0.358 e. The van der Waals surface area contributed by atoms with E-state index in [2.05, 4.69) is 40.3 Å². The van der Waals surface area contributed by atoms with E-state index in [9.17, 15) is 0 Å². The molecule has 2 heterocycles. The van der Waals surface area contributed by atoms with Crippen LogP contribution >= 0.6 is 27.3 Å². The van der Waals surface area contributed by atoms with Gasteiger partial charge in [0, 0.05) is 11.4 Å². The SMILES string of the molecule is CC1CNC(c2ccc(Br)s2)OC1. The first kappa shape index (κ1) is 9.65. The maximum Gasteiger partial charge on any atom is 0.143 e. The number of halogens is 1. The molecule has 0 saturated carbocycles. The summed E-state index contributed by atoms with van der Waals surface area (Å²) in [7, 11) is 0. The summed E-state index contributed by atoms with van der Waals surface area (Å²) >= 11 is 5.17. The molecule has 2 atom stereocenters. The van der Waals surface area contributed by atoms with Gasteiger partial charge in [0.1, 0.15) is 6.23 Å². The molecule has 1 fully saturated rings. The van der Waals surface area contributed by atoms with Crippen LogP contribution in [-0.4, -0.2) is 13.2 Å². The Morgan fingerprint density at radius 1 is 1.62 bits per heavy atom. The summed E-state index contributed by atoms with van der Waals surface area (Å²) in [6.07, 6.45) is 0.104. The number of rotatable bonds is 1. The van der Waals surface area contributed by atoms with Gasteiger partial charge >= 0.3 is 0 Å². The van der Waals surface area contributed by atoms with E-state index in [-0.39, 0.29) is 6.23 Å². The standard InChI is InChI=1S/C9H12BrNOS/c1-6-4-11-9(12-5-6)7-2-3-8(10)13-7/h2-3,6,9,11H,4-5H2,1H3. The van der Waals surface area contributed by atoms with E-state index in [0.717, 1.165) is 16.9 Å². The van der Waals surface area contributed by atoms with E-state index >= 15 is 0 Å². The predicted molar refractivity (Wildman–Crippen MR) is 57.9 cm³/mol. The Bertz CT molecular complexity index is 281. The van der Waals surface area contributed by atoms with Gasteiger partial charge in [0.05, 0.1) is 10.4 Å². The molecule has 1 aliphatic rings. The average molecular weight is 262 g/mol. The summed E-state index contributed by atoms with van der Waals surface area (Å²) in [4.78, 5) is 1.25. The number of ether oxygens (including phenoxy) is 1. The maximum atomic E-state index is 5.67. The molecule has 0 amide bonds. The molecule has 0 spiro atoms. The minimum atomic E-state index is 0.104. The van der Waals surface area contributed by atoms with Crippen molar-refractivity contribution in [3.05, 3.63) is 20.8 Å². The van der Waals surface area contributed by atoms with Crippen LogP contribution in [0.3, 0.4) is 0 Å². The van der Waals surface area contributed by atoms with Crippen molar-refractivity contribution in [2.24, 2.45) is 5.92 Å². The van der Waals surface area contributed by atoms with Gasteiger partial charge in [-0.05, 0) is 34.0 Å². The molecular formula is C9H12BrNOS. The molecule has 0 bridgehead atoms. The van der Waals surface area contributed by atoms with Crippen LogP contribution in [0.1, 0.15) is 18.0 Å². The Kier molecular flexibility index (Phi) is 3.03. The van der Waals surface area contributed by atoms with Crippen LogP contribution in [0, 0.1) is 5.92 Å². The van der Waals surface area contributed by atoms with Crippen molar-refractivity contribution < 1.29 is 4.74 Å². The van der Waals surface area contributed by atoms with E-state index in [4.69, 9.17) is 4.74 Å². The molecule has 0 aliphatic carbocycles. The van der Waals surface area contributed by atoms with Gasteiger partial charge < -0.3 is 4.74 Å². The summed E-state index contributed by atoms with van der Waals surface area (Å²) < 4.78 is 6.83. The molecule has 72 valence electrons. The van der Waals surface area contributed by atoms with Crippen LogP contribution in [0.4, 0.5) is 0 Å². The highest BCUT2D eigenvalue weighted by Gasteiger charge is 2.20.